The van der Waals surface area contributed by atoms with E-state index in [1.165, 1.54) is 21.7 Å². The van der Waals surface area contributed by atoms with Gasteiger partial charge < -0.3 is 5.73 Å². The third-order valence-corrected chi connectivity index (χ3v) is 7.35. The minimum Gasteiger partial charge on any atom is -0.398 e. The highest BCUT2D eigenvalue weighted by Crippen LogP contribution is 2.30. The third kappa shape index (κ3) is 2.54. The zero-order valence-corrected chi connectivity index (χ0v) is 11.8. The Morgan fingerprint density at radius 1 is 1.41 bits per heavy atom. The summed E-state index contributed by atoms with van der Waals surface area (Å²) in [7, 11) is -4.33. The number of sulfonamides is 1. The predicted molar refractivity (Wildman–Crippen MR) is 70.1 cm³/mol. The molecule has 0 unspecified atom stereocenters. The SMILES string of the molecule is Cc1sc(S(=O)(=O)N2CCS(=O)CC2)cc1N. The lowest BCUT2D eigenvalue weighted by molar-refractivity contribution is 0.440. The molecule has 2 N–H and O–H groups in total. The molecule has 1 aliphatic rings. The standard InChI is InChI=1S/C9H14N2O3S3/c1-7-8(10)6-9(15-7)17(13,14)11-2-4-16(12)5-3-11/h6H,2-5,10H2,1H3. The molecule has 0 bridgehead atoms. The largest absolute Gasteiger partial charge is 0.398 e. The molecule has 8 heteroatoms. The smallest absolute Gasteiger partial charge is 0.252 e. The normalized spacial score (nSPS) is 19.6. The Bertz CT molecular complexity index is 520. The molecule has 5 nitrogen and oxygen atoms in total. The maximum absolute atomic E-state index is 12.2. The van der Waals surface area contributed by atoms with Crippen LogP contribution in [0.2, 0.25) is 0 Å². The quantitative estimate of drug-likeness (QED) is 0.855. The first-order chi connectivity index (χ1) is 7.91. The number of nitrogens with two attached hydrogens (primary N) is 1. The molecule has 0 aliphatic carbocycles. The molecule has 1 aromatic rings. The highest BCUT2D eigenvalue weighted by atomic mass is 32.2. The van der Waals surface area contributed by atoms with Crippen LogP contribution in [0.4, 0.5) is 5.69 Å². The summed E-state index contributed by atoms with van der Waals surface area (Å²) in [6.45, 7) is 2.45. The van der Waals surface area contributed by atoms with E-state index >= 15 is 0 Å². The average molecular weight is 294 g/mol. The number of nitrogens with zero attached hydrogens (tertiary/aromatic N) is 1. The fourth-order valence-electron chi connectivity index (χ4n) is 1.58. The van der Waals surface area contributed by atoms with E-state index in [2.05, 4.69) is 0 Å². The summed E-state index contributed by atoms with van der Waals surface area (Å²) < 4.78 is 37.4. The molecule has 2 rings (SSSR count). The summed E-state index contributed by atoms with van der Waals surface area (Å²) in [5.41, 5.74) is 6.18. The molecule has 0 amide bonds. The van der Waals surface area contributed by atoms with Gasteiger partial charge in [-0.25, -0.2) is 8.42 Å². The molecule has 96 valence electrons. The average Bonchev–Trinajstić information content (AvgIpc) is 2.60. The van der Waals surface area contributed by atoms with Gasteiger partial charge in [0.05, 0.1) is 0 Å². The van der Waals surface area contributed by atoms with Crippen LogP contribution in [-0.2, 0) is 20.8 Å². The van der Waals surface area contributed by atoms with Gasteiger partial charge in [0.2, 0.25) is 0 Å². The van der Waals surface area contributed by atoms with Crippen molar-refractivity contribution in [3.05, 3.63) is 10.9 Å². The van der Waals surface area contributed by atoms with Gasteiger partial charge in [0.25, 0.3) is 10.0 Å². The summed E-state index contributed by atoms with van der Waals surface area (Å²) in [5, 5.41) is 0. The third-order valence-electron chi connectivity index (χ3n) is 2.66. The zero-order valence-electron chi connectivity index (χ0n) is 9.38. The Balaban J connectivity index is 2.27. The number of anilines is 1. The topological polar surface area (TPSA) is 80.5 Å². The van der Waals surface area contributed by atoms with Gasteiger partial charge in [0.1, 0.15) is 4.21 Å². The molecule has 1 fully saturated rings. The first-order valence-corrected chi connectivity index (χ1v) is 8.87. The molecule has 0 aromatic carbocycles. The molecular weight excluding hydrogens is 280 g/mol. The second kappa shape index (κ2) is 4.68. The molecule has 0 spiro atoms. The molecule has 1 aliphatic heterocycles. The van der Waals surface area contributed by atoms with Crippen molar-refractivity contribution >= 4 is 37.8 Å². The first-order valence-electron chi connectivity index (χ1n) is 5.12. The Labute approximate surface area is 107 Å². The Morgan fingerprint density at radius 3 is 2.47 bits per heavy atom. The molecule has 0 atom stereocenters. The van der Waals surface area contributed by atoms with Crippen molar-refractivity contribution in [3.8, 4) is 0 Å². The van der Waals surface area contributed by atoms with Crippen LogP contribution in [0.1, 0.15) is 4.88 Å². The highest BCUT2D eigenvalue weighted by molar-refractivity contribution is 7.91. The van der Waals surface area contributed by atoms with E-state index in [1.807, 2.05) is 0 Å². The van der Waals surface area contributed by atoms with E-state index in [-0.39, 0.29) is 4.21 Å². The number of rotatable bonds is 2. The maximum atomic E-state index is 12.2. The van der Waals surface area contributed by atoms with E-state index in [0.717, 1.165) is 4.88 Å². The van der Waals surface area contributed by atoms with Crippen LogP contribution in [-0.4, -0.2) is 41.5 Å². The fraction of sp³-hybridized carbons (Fsp3) is 0.556. The van der Waals surface area contributed by atoms with Gasteiger partial charge >= 0.3 is 0 Å². The van der Waals surface area contributed by atoms with Crippen LogP contribution in [0, 0.1) is 6.92 Å². The van der Waals surface area contributed by atoms with Gasteiger partial charge in [-0.05, 0) is 13.0 Å². The van der Waals surface area contributed by atoms with E-state index in [1.54, 1.807) is 6.92 Å². The zero-order chi connectivity index (χ0) is 12.6. The van der Waals surface area contributed by atoms with Crippen molar-refractivity contribution < 1.29 is 12.6 Å². The maximum Gasteiger partial charge on any atom is 0.252 e. The highest BCUT2D eigenvalue weighted by Gasteiger charge is 2.29. The second-order valence-electron chi connectivity index (χ2n) is 3.83. The minimum absolute atomic E-state index is 0.278. The minimum atomic E-state index is -3.45. The first kappa shape index (κ1) is 13.0. The van der Waals surface area contributed by atoms with Gasteiger partial charge in [0, 0.05) is 46.0 Å². The predicted octanol–water partition coefficient (Wildman–Crippen LogP) is 0.392. The monoisotopic (exact) mass is 294 g/mol. The number of nitrogen functional groups attached to an aromatic ring is 1. The van der Waals surface area contributed by atoms with Crippen molar-refractivity contribution in [2.24, 2.45) is 0 Å². The fourth-order valence-corrected chi connectivity index (χ4v) is 5.84. The number of hydrogen-bond acceptors (Lipinski definition) is 5. The Morgan fingerprint density at radius 2 is 2.00 bits per heavy atom. The number of hydrogen-bond donors (Lipinski definition) is 1. The Hall–Kier alpha value is -0.440. The van der Waals surface area contributed by atoms with Crippen molar-refractivity contribution in [2.45, 2.75) is 11.1 Å². The molecule has 1 aromatic heterocycles. The van der Waals surface area contributed by atoms with Crippen LogP contribution < -0.4 is 5.73 Å². The van der Waals surface area contributed by atoms with Crippen molar-refractivity contribution in [1.82, 2.24) is 4.31 Å². The van der Waals surface area contributed by atoms with Crippen molar-refractivity contribution in [1.29, 1.82) is 0 Å². The summed E-state index contributed by atoms with van der Waals surface area (Å²) in [5.74, 6) is 0.831. The van der Waals surface area contributed by atoms with Crippen LogP contribution in [0.3, 0.4) is 0 Å². The summed E-state index contributed by atoms with van der Waals surface area (Å²) >= 11 is 1.19. The van der Waals surface area contributed by atoms with E-state index in [9.17, 15) is 12.6 Å². The summed E-state index contributed by atoms with van der Waals surface area (Å²) in [4.78, 5) is 0.809. The van der Waals surface area contributed by atoms with Gasteiger partial charge in [-0.2, -0.15) is 4.31 Å². The van der Waals surface area contributed by atoms with Crippen LogP contribution in [0.15, 0.2) is 10.3 Å². The molecular formula is C9H14N2O3S3. The van der Waals surface area contributed by atoms with Gasteiger partial charge in [-0.15, -0.1) is 11.3 Å². The summed E-state index contributed by atoms with van der Waals surface area (Å²) in [6, 6.07) is 1.50. The lowest BCUT2D eigenvalue weighted by Gasteiger charge is -2.24. The van der Waals surface area contributed by atoms with Crippen LogP contribution >= 0.6 is 11.3 Å². The lowest BCUT2D eigenvalue weighted by Crippen LogP contribution is -2.41. The summed E-state index contributed by atoms with van der Waals surface area (Å²) in [6.07, 6.45) is 0. The molecule has 0 saturated carbocycles. The van der Waals surface area contributed by atoms with E-state index in [4.69, 9.17) is 5.73 Å². The van der Waals surface area contributed by atoms with E-state index in [0.29, 0.717) is 30.3 Å². The van der Waals surface area contributed by atoms with Gasteiger partial charge in [-0.3, -0.25) is 4.21 Å². The number of thiophene rings is 1. The second-order valence-corrected chi connectivity index (χ2v) is 8.95. The molecule has 17 heavy (non-hydrogen) atoms. The molecule has 0 radical (unpaired) electrons. The Kier molecular flexibility index (Phi) is 3.58. The van der Waals surface area contributed by atoms with Crippen LogP contribution in [0.5, 0.6) is 0 Å². The molecule has 2 heterocycles. The van der Waals surface area contributed by atoms with Crippen molar-refractivity contribution in [2.75, 3.05) is 30.3 Å². The molecule has 1 saturated heterocycles. The van der Waals surface area contributed by atoms with E-state index < -0.39 is 20.8 Å². The van der Waals surface area contributed by atoms with Crippen molar-refractivity contribution in [3.63, 3.8) is 0 Å². The van der Waals surface area contributed by atoms with Gasteiger partial charge in [-0.1, -0.05) is 0 Å². The lowest BCUT2D eigenvalue weighted by atomic mass is 10.4. The number of aryl methyl sites for hydroxylation is 1. The van der Waals surface area contributed by atoms with Gasteiger partial charge in [0.15, 0.2) is 0 Å². The van der Waals surface area contributed by atoms with Crippen LogP contribution in [0.25, 0.3) is 0 Å².